The molecule has 1 aliphatic carbocycles. The van der Waals surface area contributed by atoms with E-state index in [0.29, 0.717) is 6.42 Å². The molecule has 0 radical (unpaired) electrons. The number of nitrogens with one attached hydrogen (secondary N) is 1. The van der Waals surface area contributed by atoms with Crippen molar-refractivity contribution in [3.05, 3.63) is 11.6 Å². The van der Waals surface area contributed by atoms with E-state index in [4.69, 9.17) is 5.26 Å². The SMILES string of the molecule is CC[C@H](C#N)NC(=O)C1=CCC1. The van der Waals surface area contributed by atoms with Crippen LogP contribution in [-0.4, -0.2) is 11.9 Å². The third kappa shape index (κ3) is 1.85. The van der Waals surface area contributed by atoms with Crippen molar-refractivity contribution in [3.63, 3.8) is 0 Å². The lowest BCUT2D eigenvalue weighted by Gasteiger charge is -2.15. The first-order chi connectivity index (χ1) is 5.77. The monoisotopic (exact) mass is 164 g/mol. The van der Waals surface area contributed by atoms with Crippen molar-refractivity contribution in [2.75, 3.05) is 0 Å². The molecule has 3 heteroatoms. The number of rotatable bonds is 3. The van der Waals surface area contributed by atoms with Crippen molar-refractivity contribution < 1.29 is 4.79 Å². The van der Waals surface area contributed by atoms with Crippen molar-refractivity contribution in [2.45, 2.75) is 32.2 Å². The molecule has 64 valence electrons. The van der Waals surface area contributed by atoms with Crippen LogP contribution in [0.2, 0.25) is 0 Å². The summed E-state index contributed by atoms with van der Waals surface area (Å²) in [4.78, 5) is 11.2. The number of carbonyl (C=O) groups is 1. The third-order valence-electron chi connectivity index (χ3n) is 1.97. The van der Waals surface area contributed by atoms with Crippen LogP contribution in [0.3, 0.4) is 0 Å². The number of carbonyl (C=O) groups excluding carboxylic acids is 1. The van der Waals surface area contributed by atoms with Gasteiger partial charge in [0.1, 0.15) is 6.04 Å². The van der Waals surface area contributed by atoms with E-state index in [2.05, 4.69) is 5.32 Å². The maximum absolute atomic E-state index is 11.2. The van der Waals surface area contributed by atoms with Gasteiger partial charge in [-0.25, -0.2) is 0 Å². The van der Waals surface area contributed by atoms with Crippen LogP contribution in [0.5, 0.6) is 0 Å². The van der Waals surface area contributed by atoms with E-state index in [9.17, 15) is 4.79 Å². The van der Waals surface area contributed by atoms with Gasteiger partial charge in [-0.15, -0.1) is 0 Å². The van der Waals surface area contributed by atoms with Crippen LogP contribution in [0, 0.1) is 11.3 Å². The summed E-state index contributed by atoms with van der Waals surface area (Å²) in [6, 6.07) is 1.69. The van der Waals surface area contributed by atoms with Gasteiger partial charge in [-0.2, -0.15) is 5.26 Å². The Morgan fingerprint density at radius 1 is 1.92 bits per heavy atom. The number of allylic oxidation sites excluding steroid dienone is 1. The molecule has 0 aromatic carbocycles. The highest BCUT2D eigenvalue weighted by atomic mass is 16.1. The zero-order valence-corrected chi connectivity index (χ0v) is 7.13. The Bertz CT molecular complexity index is 250. The summed E-state index contributed by atoms with van der Waals surface area (Å²) in [7, 11) is 0. The lowest BCUT2D eigenvalue weighted by atomic mass is 9.98. The lowest BCUT2D eigenvalue weighted by molar-refractivity contribution is -0.118. The molecule has 0 fully saturated rings. The maximum atomic E-state index is 11.2. The molecule has 0 unspecified atom stereocenters. The second kappa shape index (κ2) is 3.91. The summed E-state index contributed by atoms with van der Waals surface area (Å²) in [5, 5.41) is 11.2. The Labute approximate surface area is 72.1 Å². The van der Waals surface area contributed by atoms with E-state index < -0.39 is 0 Å². The first-order valence-corrected chi connectivity index (χ1v) is 4.17. The zero-order valence-electron chi connectivity index (χ0n) is 7.13. The smallest absolute Gasteiger partial charge is 0.247 e. The normalized spacial score (nSPS) is 16.8. The molecule has 0 bridgehead atoms. The van der Waals surface area contributed by atoms with E-state index in [0.717, 1.165) is 18.4 Å². The fourth-order valence-corrected chi connectivity index (χ4v) is 0.971. The average molecular weight is 164 g/mol. The van der Waals surface area contributed by atoms with Gasteiger partial charge in [-0.05, 0) is 19.3 Å². The molecule has 1 rings (SSSR count). The van der Waals surface area contributed by atoms with E-state index >= 15 is 0 Å². The third-order valence-corrected chi connectivity index (χ3v) is 1.97. The summed E-state index contributed by atoms with van der Waals surface area (Å²) < 4.78 is 0. The van der Waals surface area contributed by atoms with Gasteiger partial charge < -0.3 is 5.32 Å². The van der Waals surface area contributed by atoms with Gasteiger partial charge in [0.05, 0.1) is 6.07 Å². The second-order valence-corrected chi connectivity index (χ2v) is 2.83. The minimum Gasteiger partial charge on any atom is -0.337 e. The molecule has 3 nitrogen and oxygen atoms in total. The Morgan fingerprint density at radius 2 is 2.58 bits per heavy atom. The maximum Gasteiger partial charge on any atom is 0.247 e. The van der Waals surface area contributed by atoms with Crippen LogP contribution >= 0.6 is 0 Å². The van der Waals surface area contributed by atoms with Gasteiger partial charge in [0.15, 0.2) is 0 Å². The minimum atomic E-state index is -0.334. The van der Waals surface area contributed by atoms with E-state index in [1.54, 1.807) is 0 Å². The Hall–Kier alpha value is -1.30. The molecule has 0 spiro atoms. The topological polar surface area (TPSA) is 52.9 Å². The van der Waals surface area contributed by atoms with Gasteiger partial charge in [0, 0.05) is 5.57 Å². The Balaban J connectivity index is 2.40. The number of hydrogen-bond acceptors (Lipinski definition) is 2. The quantitative estimate of drug-likeness (QED) is 0.679. The van der Waals surface area contributed by atoms with Gasteiger partial charge in [-0.3, -0.25) is 4.79 Å². The van der Waals surface area contributed by atoms with Crippen molar-refractivity contribution in [1.82, 2.24) is 5.32 Å². The van der Waals surface area contributed by atoms with Crippen LogP contribution in [0.15, 0.2) is 11.6 Å². The first-order valence-electron chi connectivity index (χ1n) is 4.17. The van der Waals surface area contributed by atoms with Crippen molar-refractivity contribution in [3.8, 4) is 6.07 Å². The predicted octanol–water partition coefficient (Wildman–Crippen LogP) is 1.12. The molecular formula is C9H12N2O. The fraction of sp³-hybridized carbons (Fsp3) is 0.556. The highest BCUT2D eigenvalue weighted by molar-refractivity contribution is 5.94. The van der Waals surface area contributed by atoms with E-state index in [1.165, 1.54) is 0 Å². The summed E-state index contributed by atoms with van der Waals surface area (Å²) >= 11 is 0. The molecule has 0 saturated heterocycles. The van der Waals surface area contributed by atoms with Crippen LogP contribution in [0.4, 0.5) is 0 Å². The average Bonchev–Trinajstić information content (AvgIpc) is 1.96. The molecule has 12 heavy (non-hydrogen) atoms. The highest BCUT2D eigenvalue weighted by Gasteiger charge is 2.16. The van der Waals surface area contributed by atoms with Crippen molar-refractivity contribution >= 4 is 5.91 Å². The van der Waals surface area contributed by atoms with Crippen molar-refractivity contribution in [1.29, 1.82) is 5.26 Å². The molecule has 0 heterocycles. The lowest BCUT2D eigenvalue weighted by Crippen LogP contribution is -2.35. The summed E-state index contributed by atoms with van der Waals surface area (Å²) in [6.07, 6.45) is 4.41. The van der Waals surface area contributed by atoms with Crippen LogP contribution < -0.4 is 5.32 Å². The number of nitriles is 1. The number of nitrogens with zero attached hydrogens (tertiary/aromatic N) is 1. The predicted molar refractivity (Wildman–Crippen MR) is 45.2 cm³/mol. The zero-order chi connectivity index (χ0) is 8.97. The van der Waals surface area contributed by atoms with Gasteiger partial charge in [0.2, 0.25) is 5.91 Å². The summed E-state index contributed by atoms with van der Waals surface area (Å²) in [5.74, 6) is -0.0744. The molecule has 1 atom stereocenters. The van der Waals surface area contributed by atoms with Crippen molar-refractivity contribution in [2.24, 2.45) is 0 Å². The van der Waals surface area contributed by atoms with Gasteiger partial charge in [0.25, 0.3) is 0 Å². The second-order valence-electron chi connectivity index (χ2n) is 2.83. The fourth-order valence-electron chi connectivity index (χ4n) is 0.971. The molecule has 0 saturated carbocycles. The minimum absolute atomic E-state index is 0.0744. The Kier molecular flexibility index (Phi) is 2.87. The standard InChI is InChI=1S/C9H12N2O/c1-2-8(6-10)11-9(12)7-4-3-5-7/h4,8H,2-3,5H2,1H3,(H,11,12)/t8-/m1/s1. The molecule has 1 amide bonds. The van der Waals surface area contributed by atoms with Gasteiger partial charge in [-0.1, -0.05) is 13.0 Å². The Morgan fingerprint density at radius 3 is 2.92 bits per heavy atom. The van der Waals surface area contributed by atoms with Gasteiger partial charge >= 0.3 is 0 Å². The van der Waals surface area contributed by atoms with E-state index in [1.807, 2.05) is 19.1 Å². The largest absolute Gasteiger partial charge is 0.337 e. The molecular weight excluding hydrogens is 152 g/mol. The van der Waals surface area contributed by atoms with Crippen LogP contribution in [0.1, 0.15) is 26.2 Å². The molecule has 0 aliphatic heterocycles. The molecule has 0 aromatic rings. The molecule has 1 aliphatic rings. The number of amides is 1. The van der Waals surface area contributed by atoms with Crippen LogP contribution in [-0.2, 0) is 4.79 Å². The van der Waals surface area contributed by atoms with E-state index in [-0.39, 0.29) is 11.9 Å². The van der Waals surface area contributed by atoms with Crippen LogP contribution in [0.25, 0.3) is 0 Å². The molecule has 1 N–H and O–H groups in total. The first kappa shape index (κ1) is 8.79. The highest BCUT2D eigenvalue weighted by Crippen LogP contribution is 2.17. The number of hydrogen-bond donors (Lipinski definition) is 1. The molecule has 0 aromatic heterocycles. The summed E-state index contributed by atoms with van der Waals surface area (Å²) in [5.41, 5.74) is 0.823. The summed E-state index contributed by atoms with van der Waals surface area (Å²) in [6.45, 7) is 1.88.